The Labute approximate surface area is 137 Å². The number of rotatable bonds is 4. The summed E-state index contributed by atoms with van der Waals surface area (Å²) in [5.74, 6) is -0.920. The molecule has 1 aromatic rings. The van der Waals surface area contributed by atoms with E-state index in [0.717, 1.165) is 0 Å². The van der Waals surface area contributed by atoms with Gasteiger partial charge in [0.15, 0.2) is 0 Å². The summed E-state index contributed by atoms with van der Waals surface area (Å²) >= 11 is 0. The molecule has 1 aromatic carbocycles. The van der Waals surface area contributed by atoms with Gasteiger partial charge in [-0.15, -0.1) is 0 Å². The molecule has 0 aliphatic carbocycles. The first kappa shape index (κ1) is 18.7. The molecule has 0 bridgehead atoms. The summed E-state index contributed by atoms with van der Waals surface area (Å²) in [6.07, 6.45) is -4.73. The van der Waals surface area contributed by atoms with Crippen molar-refractivity contribution in [3.8, 4) is 0 Å². The summed E-state index contributed by atoms with van der Waals surface area (Å²) in [6.45, 7) is 1.04. The third-order valence-electron chi connectivity index (χ3n) is 3.41. The Bertz CT molecular complexity index is 689. The van der Waals surface area contributed by atoms with E-state index in [-0.39, 0.29) is 29.7 Å². The Kier molecular flexibility index (Phi) is 5.51. The second-order valence-corrected chi connectivity index (χ2v) is 7.30. The number of hydrogen-bond acceptors (Lipinski definition) is 4. The molecule has 134 valence electrons. The Morgan fingerprint density at radius 2 is 1.96 bits per heavy atom. The van der Waals surface area contributed by atoms with E-state index in [9.17, 15) is 26.4 Å². The van der Waals surface area contributed by atoms with Gasteiger partial charge < -0.3 is 10.1 Å². The third-order valence-corrected chi connectivity index (χ3v) is 5.29. The molecule has 1 fully saturated rings. The van der Waals surface area contributed by atoms with Crippen LogP contribution in [-0.2, 0) is 14.8 Å². The zero-order valence-electron chi connectivity index (χ0n) is 12.8. The van der Waals surface area contributed by atoms with Gasteiger partial charge in [-0.2, -0.15) is 17.5 Å². The number of nitrogens with zero attached hydrogens (tertiary/aromatic N) is 1. The maximum atomic E-state index is 12.5. The van der Waals surface area contributed by atoms with Crippen LogP contribution < -0.4 is 5.32 Å². The van der Waals surface area contributed by atoms with Gasteiger partial charge in [-0.05, 0) is 31.2 Å². The van der Waals surface area contributed by atoms with E-state index in [1.165, 1.54) is 28.6 Å². The maximum Gasteiger partial charge on any atom is 0.405 e. The van der Waals surface area contributed by atoms with Crippen LogP contribution in [0, 0.1) is 0 Å². The molecule has 1 N–H and O–H groups in total. The largest absolute Gasteiger partial charge is 0.405 e. The van der Waals surface area contributed by atoms with Crippen LogP contribution in [0.4, 0.5) is 13.2 Å². The van der Waals surface area contributed by atoms with Gasteiger partial charge in [0, 0.05) is 18.7 Å². The molecule has 1 unspecified atom stereocenters. The highest BCUT2D eigenvalue weighted by molar-refractivity contribution is 7.89. The molecule has 1 atom stereocenters. The first-order valence-electron chi connectivity index (χ1n) is 7.16. The van der Waals surface area contributed by atoms with Gasteiger partial charge in [-0.25, -0.2) is 8.42 Å². The molecule has 1 saturated heterocycles. The number of amides is 1. The third kappa shape index (κ3) is 4.68. The molecular weight excluding hydrogens is 349 g/mol. The monoisotopic (exact) mass is 366 g/mol. The minimum atomic E-state index is -4.51. The van der Waals surface area contributed by atoms with Crippen molar-refractivity contribution in [2.24, 2.45) is 0 Å². The quantitative estimate of drug-likeness (QED) is 0.874. The van der Waals surface area contributed by atoms with Crippen LogP contribution in [0.2, 0.25) is 0 Å². The number of alkyl halides is 3. The lowest BCUT2D eigenvalue weighted by molar-refractivity contribution is -0.123. The number of morpholine rings is 1. The predicted octanol–water partition coefficient (Wildman–Crippen LogP) is 1.39. The average Bonchev–Trinajstić information content (AvgIpc) is 2.52. The van der Waals surface area contributed by atoms with Crippen LogP contribution in [0.5, 0.6) is 0 Å². The smallest absolute Gasteiger partial charge is 0.376 e. The Hall–Kier alpha value is -1.65. The molecule has 1 amide bonds. The van der Waals surface area contributed by atoms with Crippen molar-refractivity contribution in [3.05, 3.63) is 29.8 Å². The fourth-order valence-electron chi connectivity index (χ4n) is 2.21. The molecule has 1 aliphatic rings. The summed E-state index contributed by atoms with van der Waals surface area (Å²) < 4.78 is 67.8. The van der Waals surface area contributed by atoms with Crippen molar-refractivity contribution in [3.63, 3.8) is 0 Å². The molecule has 24 heavy (non-hydrogen) atoms. The summed E-state index contributed by atoms with van der Waals surface area (Å²) in [4.78, 5) is 11.6. The highest BCUT2D eigenvalue weighted by atomic mass is 32.2. The second-order valence-electron chi connectivity index (χ2n) is 5.37. The summed E-state index contributed by atoms with van der Waals surface area (Å²) in [7, 11) is -3.73. The maximum absolute atomic E-state index is 12.5. The van der Waals surface area contributed by atoms with Crippen LogP contribution in [-0.4, -0.2) is 57.2 Å². The molecule has 0 saturated carbocycles. The number of halogens is 3. The average molecular weight is 366 g/mol. The number of carbonyl (C=O) groups is 1. The number of nitrogens with one attached hydrogen (secondary N) is 1. The number of benzene rings is 1. The van der Waals surface area contributed by atoms with E-state index in [1.54, 1.807) is 12.2 Å². The molecule has 6 nitrogen and oxygen atoms in total. The highest BCUT2D eigenvalue weighted by Crippen LogP contribution is 2.19. The normalized spacial score (nSPS) is 19.9. The zero-order valence-corrected chi connectivity index (χ0v) is 13.7. The number of carbonyl (C=O) groups excluding carboxylic acids is 1. The van der Waals surface area contributed by atoms with Crippen LogP contribution >= 0.6 is 0 Å². The van der Waals surface area contributed by atoms with Crippen LogP contribution in [0.3, 0.4) is 0 Å². The van der Waals surface area contributed by atoms with E-state index < -0.39 is 28.7 Å². The first-order chi connectivity index (χ1) is 11.1. The molecule has 2 rings (SSSR count). The van der Waals surface area contributed by atoms with E-state index in [0.29, 0.717) is 6.61 Å². The number of sulfonamides is 1. The van der Waals surface area contributed by atoms with E-state index in [2.05, 4.69) is 0 Å². The van der Waals surface area contributed by atoms with Crippen molar-refractivity contribution in [2.75, 3.05) is 26.2 Å². The van der Waals surface area contributed by atoms with Crippen molar-refractivity contribution in [2.45, 2.75) is 24.1 Å². The van der Waals surface area contributed by atoms with Gasteiger partial charge in [0.25, 0.3) is 5.91 Å². The first-order valence-corrected chi connectivity index (χ1v) is 8.60. The summed E-state index contributed by atoms with van der Waals surface area (Å²) in [5, 5.41) is 1.73. The van der Waals surface area contributed by atoms with Crippen LogP contribution in [0.25, 0.3) is 0 Å². The highest BCUT2D eigenvalue weighted by Gasteiger charge is 2.30. The van der Waals surface area contributed by atoms with Crippen LogP contribution in [0.15, 0.2) is 29.2 Å². The lowest BCUT2D eigenvalue weighted by atomic mass is 10.2. The van der Waals surface area contributed by atoms with Gasteiger partial charge in [-0.3, -0.25) is 4.79 Å². The van der Waals surface area contributed by atoms with Gasteiger partial charge in [-0.1, -0.05) is 0 Å². The van der Waals surface area contributed by atoms with E-state index >= 15 is 0 Å². The van der Waals surface area contributed by atoms with E-state index in [1.807, 2.05) is 0 Å². The van der Waals surface area contributed by atoms with Crippen molar-refractivity contribution >= 4 is 15.9 Å². The fraction of sp³-hybridized carbons (Fsp3) is 0.500. The molecule has 10 heteroatoms. The molecule has 0 radical (unpaired) electrons. The van der Waals surface area contributed by atoms with Gasteiger partial charge >= 0.3 is 6.18 Å². The molecule has 0 aromatic heterocycles. The van der Waals surface area contributed by atoms with Gasteiger partial charge in [0.1, 0.15) is 6.54 Å². The Morgan fingerprint density at radius 3 is 2.50 bits per heavy atom. The summed E-state index contributed by atoms with van der Waals surface area (Å²) in [6, 6.07) is 4.78. The number of hydrogen-bond donors (Lipinski definition) is 1. The standard InChI is InChI=1S/C14H17F3N2O4S/c1-10-8-19(6-7-23-10)24(21,22)12-4-2-11(3-5-12)13(20)18-9-14(15,16)17/h2-5,10H,6-9H2,1H3,(H,18,20). The fourth-order valence-corrected chi connectivity index (χ4v) is 3.71. The lowest BCUT2D eigenvalue weighted by Crippen LogP contribution is -2.44. The molecule has 1 aliphatic heterocycles. The van der Waals surface area contributed by atoms with E-state index in [4.69, 9.17) is 4.74 Å². The topological polar surface area (TPSA) is 75.7 Å². The van der Waals surface area contributed by atoms with Crippen molar-refractivity contribution < 1.29 is 31.1 Å². The van der Waals surface area contributed by atoms with Gasteiger partial charge in [0.05, 0.1) is 17.6 Å². The van der Waals surface area contributed by atoms with Crippen LogP contribution in [0.1, 0.15) is 17.3 Å². The zero-order chi connectivity index (χ0) is 18.0. The molecular formula is C14H17F3N2O4S. The number of ether oxygens (including phenoxy) is 1. The minimum absolute atomic E-state index is 0.0241. The van der Waals surface area contributed by atoms with Crippen molar-refractivity contribution in [1.29, 1.82) is 0 Å². The van der Waals surface area contributed by atoms with Gasteiger partial charge in [0.2, 0.25) is 10.0 Å². The SMILES string of the molecule is CC1CN(S(=O)(=O)c2ccc(C(=O)NCC(F)(F)F)cc2)CCO1. The second kappa shape index (κ2) is 7.08. The Morgan fingerprint density at radius 1 is 1.33 bits per heavy atom. The minimum Gasteiger partial charge on any atom is -0.376 e. The molecule has 0 spiro atoms. The predicted molar refractivity (Wildman–Crippen MR) is 79.0 cm³/mol. The Balaban J connectivity index is 2.09. The molecule has 1 heterocycles. The summed E-state index contributed by atoms with van der Waals surface area (Å²) in [5.41, 5.74) is -0.0476. The lowest BCUT2D eigenvalue weighted by Gasteiger charge is -2.30. The van der Waals surface area contributed by atoms with Crippen molar-refractivity contribution in [1.82, 2.24) is 9.62 Å².